The number of fused-ring (bicyclic) bond motifs is 1. The third kappa shape index (κ3) is 1.91. The van der Waals surface area contributed by atoms with E-state index < -0.39 is 17.7 Å². The Morgan fingerprint density at radius 2 is 1.82 bits per heavy atom. The maximum Gasteiger partial charge on any atom is 0.378 e. The lowest BCUT2D eigenvalue weighted by molar-refractivity contribution is 0.0477. The Labute approximate surface area is 95.9 Å². The van der Waals surface area contributed by atoms with Gasteiger partial charge in [-0.2, -0.15) is 0 Å². The number of hydrogen-bond acceptors (Lipinski definition) is 6. The van der Waals surface area contributed by atoms with Crippen LogP contribution in [0.25, 0.3) is 0 Å². The third-order valence-corrected chi connectivity index (χ3v) is 2.05. The monoisotopic (exact) mass is 242 g/mol. The van der Waals surface area contributed by atoms with E-state index >= 15 is 0 Å². The smallest absolute Gasteiger partial charge is 0.378 e. The van der Waals surface area contributed by atoms with Gasteiger partial charge in [0.05, 0.1) is 6.61 Å². The zero-order valence-corrected chi connectivity index (χ0v) is 9.02. The molecule has 1 aromatic rings. The highest BCUT2D eigenvalue weighted by Crippen LogP contribution is 2.40. The van der Waals surface area contributed by atoms with Crippen molar-refractivity contribution in [2.24, 2.45) is 0 Å². The Kier molecular flexibility index (Phi) is 2.90. The van der Waals surface area contributed by atoms with Gasteiger partial charge in [0, 0.05) is 0 Å². The molecule has 0 aliphatic carbocycles. The molecule has 7 heteroatoms. The highest BCUT2D eigenvalue weighted by molar-refractivity contribution is 5.96. The van der Waals surface area contributed by atoms with Crippen LogP contribution in [0.2, 0.25) is 0 Å². The molecule has 0 bridgehead atoms. The molecule has 0 saturated carbocycles. The molecular formula is C10H10O7. The van der Waals surface area contributed by atoms with Gasteiger partial charge in [-0.05, 0) is 6.92 Å². The molecule has 0 unspecified atom stereocenters. The summed E-state index contributed by atoms with van der Waals surface area (Å²) >= 11 is 0. The van der Waals surface area contributed by atoms with Crippen molar-refractivity contribution in [1.29, 1.82) is 0 Å². The van der Waals surface area contributed by atoms with Gasteiger partial charge in [-0.15, -0.1) is 0 Å². The normalized spacial score (nSPS) is 13.2. The van der Waals surface area contributed by atoms with Crippen LogP contribution in [-0.4, -0.2) is 36.9 Å². The fraction of sp³-hybridized carbons (Fsp3) is 0.400. The van der Waals surface area contributed by atoms with Gasteiger partial charge in [-0.1, -0.05) is 0 Å². The summed E-state index contributed by atoms with van der Waals surface area (Å²) in [4.78, 5) is 22.4. The number of ether oxygens (including phenoxy) is 3. The van der Waals surface area contributed by atoms with Crippen molar-refractivity contribution in [1.82, 2.24) is 0 Å². The van der Waals surface area contributed by atoms with Crippen molar-refractivity contribution in [3.8, 4) is 11.5 Å². The van der Waals surface area contributed by atoms with Gasteiger partial charge < -0.3 is 23.7 Å². The Morgan fingerprint density at radius 1 is 1.24 bits per heavy atom. The number of rotatable bonds is 3. The Balaban J connectivity index is 2.45. The van der Waals surface area contributed by atoms with Gasteiger partial charge >= 0.3 is 11.9 Å². The Bertz CT molecular complexity index is 459. The van der Waals surface area contributed by atoms with Crippen molar-refractivity contribution >= 4 is 11.9 Å². The number of aromatic carboxylic acids is 1. The number of carbonyl (C=O) groups excluding carboxylic acids is 1. The summed E-state index contributed by atoms with van der Waals surface area (Å²) in [6, 6.07) is 0. The second-order valence-electron chi connectivity index (χ2n) is 3.14. The lowest BCUT2D eigenvalue weighted by atomic mass is 10.3. The number of carbonyl (C=O) groups is 2. The third-order valence-electron chi connectivity index (χ3n) is 2.05. The summed E-state index contributed by atoms with van der Waals surface area (Å²) in [6.07, 6.45) is 0. The summed E-state index contributed by atoms with van der Waals surface area (Å²) in [7, 11) is 0. The summed E-state index contributed by atoms with van der Waals surface area (Å²) < 4.78 is 19.9. The van der Waals surface area contributed by atoms with E-state index in [-0.39, 0.29) is 37.1 Å². The molecule has 0 spiro atoms. The molecule has 1 aliphatic heterocycles. The van der Waals surface area contributed by atoms with E-state index in [0.717, 1.165) is 0 Å². The minimum atomic E-state index is -1.33. The lowest BCUT2D eigenvalue weighted by Crippen LogP contribution is -2.17. The average Bonchev–Trinajstić information content (AvgIpc) is 2.69. The van der Waals surface area contributed by atoms with Crippen molar-refractivity contribution in [2.75, 3.05) is 19.8 Å². The summed E-state index contributed by atoms with van der Waals surface area (Å²) in [6.45, 7) is 2.20. The van der Waals surface area contributed by atoms with Crippen molar-refractivity contribution < 1.29 is 33.3 Å². The average molecular weight is 242 g/mol. The lowest BCUT2D eigenvalue weighted by Gasteiger charge is -2.14. The number of carboxylic acids is 1. The zero-order chi connectivity index (χ0) is 12.4. The van der Waals surface area contributed by atoms with Crippen LogP contribution in [-0.2, 0) is 4.74 Å². The molecule has 2 rings (SSSR count). The first-order valence-corrected chi connectivity index (χ1v) is 4.98. The van der Waals surface area contributed by atoms with Crippen LogP contribution in [0, 0.1) is 0 Å². The van der Waals surface area contributed by atoms with Gasteiger partial charge in [0.25, 0.3) is 11.5 Å². The first kappa shape index (κ1) is 11.3. The summed E-state index contributed by atoms with van der Waals surface area (Å²) in [5, 5.41) is 8.88. The van der Waals surface area contributed by atoms with Crippen molar-refractivity contribution in [3.05, 3.63) is 11.5 Å². The quantitative estimate of drug-likeness (QED) is 0.787. The van der Waals surface area contributed by atoms with Crippen molar-refractivity contribution in [2.45, 2.75) is 6.92 Å². The molecule has 17 heavy (non-hydrogen) atoms. The predicted molar refractivity (Wildman–Crippen MR) is 52.6 cm³/mol. The van der Waals surface area contributed by atoms with E-state index in [4.69, 9.17) is 23.7 Å². The van der Waals surface area contributed by atoms with Gasteiger partial charge in [-0.25, -0.2) is 9.59 Å². The Hall–Kier alpha value is -2.18. The van der Waals surface area contributed by atoms with Crippen LogP contribution >= 0.6 is 0 Å². The molecule has 0 aromatic carbocycles. The van der Waals surface area contributed by atoms with E-state index in [1.54, 1.807) is 6.92 Å². The number of carboxylic acid groups (broad SMARTS) is 1. The van der Waals surface area contributed by atoms with E-state index in [1.165, 1.54) is 0 Å². The van der Waals surface area contributed by atoms with Crippen LogP contribution in [0.5, 0.6) is 11.5 Å². The van der Waals surface area contributed by atoms with Crippen molar-refractivity contribution in [3.63, 3.8) is 0 Å². The fourth-order valence-electron chi connectivity index (χ4n) is 1.42. The zero-order valence-electron chi connectivity index (χ0n) is 9.02. The summed E-state index contributed by atoms with van der Waals surface area (Å²) in [5.41, 5.74) is 0. The molecule has 0 saturated heterocycles. The minimum Gasteiger partial charge on any atom is -0.482 e. The maximum atomic E-state index is 11.5. The molecule has 0 radical (unpaired) electrons. The van der Waals surface area contributed by atoms with E-state index in [2.05, 4.69) is 0 Å². The first-order valence-electron chi connectivity index (χ1n) is 4.98. The van der Waals surface area contributed by atoms with Gasteiger partial charge in [0.15, 0.2) is 0 Å². The van der Waals surface area contributed by atoms with Gasteiger partial charge in [0.2, 0.25) is 11.5 Å². The highest BCUT2D eigenvalue weighted by Gasteiger charge is 2.34. The van der Waals surface area contributed by atoms with Gasteiger partial charge in [-0.3, -0.25) is 0 Å². The highest BCUT2D eigenvalue weighted by atomic mass is 16.6. The van der Waals surface area contributed by atoms with Crippen LogP contribution in [0.15, 0.2) is 4.42 Å². The molecule has 0 amide bonds. The summed E-state index contributed by atoms with van der Waals surface area (Å²) in [5.74, 6) is -2.91. The molecule has 7 nitrogen and oxygen atoms in total. The molecule has 1 aromatic heterocycles. The number of esters is 1. The number of furan rings is 1. The van der Waals surface area contributed by atoms with Crippen LogP contribution in [0.4, 0.5) is 0 Å². The standard InChI is InChI=1S/C10H10O7/c1-2-14-10(13)8-6-5(15-3-4-16-6)7(17-8)9(11)12/h2-4H2,1H3,(H,11,12). The van der Waals surface area contributed by atoms with Crippen LogP contribution in [0.3, 0.4) is 0 Å². The van der Waals surface area contributed by atoms with E-state index in [1.807, 2.05) is 0 Å². The van der Waals surface area contributed by atoms with Crippen LogP contribution in [0.1, 0.15) is 28.0 Å². The molecule has 92 valence electrons. The van der Waals surface area contributed by atoms with E-state index in [9.17, 15) is 9.59 Å². The molecule has 1 aliphatic rings. The topological polar surface area (TPSA) is 95.2 Å². The minimum absolute atomic E-state index is 0.00731. The fourth-order valence-corrected chi connectivity index (χ4v) is 1.42. The second kappa shape index (κ2) is 4.36. The Morgan fingerprint density at radius 3 is 2.35 bits per heavy atom. The molecule has 2 heterocycles. The SMILES string of the molecule is CCOC(=O)c1oc(C(=O)O)c2c1OCCO2. The van der Waals surface area contributed by atoms with Crippen LogP contribution < -0.4 is 9.47 Å². The van der Waals surface area contributed by atoms with Gasteiger partial charge in [0.1, 0.15) is 13.2 Å². The largest absolute Gasteiger partial charge is 0.482 e. The molecule has 0 atom stereocenters. The molecule has 0 fully saturated rings. The predicted octanol–water partition coefficient (Wildman–Crippen LogP) is 0.926. The maximum absolute atomic E-state index is 11.5. The number of hydrogen-bond donors (Lipinski definition) is 1. The molecule has 1 N–H and O–H groups in total. The van der Waals surface area contributed by atoms with E-state index in [0.29, 0.717) is 0 Å². The second-order valence-corrected chi connectivity index (χ2v) is 3.14. The molecular weight excluding hydrogens is 232 g/mol. The first-order chi connectivity index (χ1) is 8.15.